The summed E-state index contributed by atoms with van der Waals surface area (Å²) >= 11 is 1.48. The molecule has 18 heavy (non-hydrogen) atoms. The summed E-state index contributed by atoms with van der Waals surface area (Å²) < 4.78 is 0. The smallest absolute Gasteiger partial charge is 0.319 e. The number of nitrogens with two attached hydrogens (primary N) is 1. The van der Waals surface area contributed by atoms with Crippen molar-refractivity contribution in [3.63, 3.8) is 0 Å². The number of hydrogen-bond donors (Lipinski definition) is 3. The average molecular weight is 266 g/mol. The summed E-state index contributed by atoms with van der Waals surface area (Å²) in [6, 6.07) is 7.26. The van der Waals surface area contributed by atoms with Crippen molar-refractivity contribution < 1.29 is 4.79 Å². The van der Waals surface area contributed by atoms with Gasteiger partial charge in [0.2, 0.25) is 0 Å². The lowest BCUT2D eigenvalue weighted by atomic mass is 10.2. The third kappa shape index (κ3) is 4.29. The second-order valence-corrected chi connectivity index (χ2v) is 4.76. The topological polar surface area (TPSA) is 79.5 Å². The van der Waals surface area contributed by atoms with Gasteiger partial charge in [0.25, 0.3) is 0 Å². The Morgan fingerprint density at radius 2 is 1.94 bits per heavy atom. The van der Waals surface area contributed by atoms with Crippen molar-refractivity contribution >= 4 is 28.5 Å². The Morgan fingerprint density at radius 3 is 2.39 bits per heavy atom. The minimum absolute atomic E-state index is 0.108. The standard InChI is InChI=1S/C12H18N4OS/c1-8(2)14-12(17)15-10-6-4-9(5-7-10)11(16-13)18-3/h4-8H,13H2,1-3H3,(H2,14,15,17)/b16-11-. The van der Waals surface area contributed by atoms with Gasteiger partial charge in [-0.2, -0.15) is 5.10 Å². The quantitative estimate of drug-likeness (QED) is 0.339. The first kappa shape index (κ1) is 14.4. The zero-order valence-electron chi connectivity index (χ0n) is 10.7. The molecule has 4 N–H and O–H groups in total. The number of carbonyl (C=O) groups is 1. The highest BCUT2D eigenvalue weighted by Gasteiger charge is 2.05. The Hall–Kier alpha value is -1.69. The zero-order chi connectivity index (χ0) is 13.5. The summed E-state index contributed by atoms with van der Waals surface area (Å²) in [6.45, 7) is 3.82. The Bertz CT molecular complexity index is 428. The number of urea groups is 1. The molecule has 0 aliphatic heterocycles. The fourth-order valence-corrected chi connectivity index (χ4v) is 1.85. The van der Waals surface area contributed by atoms with Gasteiger partial charge in [-0.05, 0) is 32.2 Å². The third-order valence-corrected chi connectivity index (χ3v) is 2.85. The summed E-state index contributed by atoms with van der Waals surface area (Å²) in [5.41, 5.74) is 1.66. The first-order valence-corrected chi connectivity index (χ1v) is 6.79. The van der Waals surface area contributed by atoms with Gasteiger partial charge in [-0.15, -0.1) is 11.8 Å². The highest BCUT2D eigenvalue weighted by molar-refractivity contribution is 8.13. The van der Waals surface area contributed by atoms with E-state index in [0.29, 0.717) is 0 Å². The molecule has 0 saturated heterocycles. The molecule has 0 heterocycles. The SMILES string of the molecule is CS/C(=N\N)c1ccc(NC(=O)NC(C)C)cc1. The molecule has 0 aromatic heterocycles. The molecule has 1 aromatic rings. The Morgan fingerprint density at radius 1 is 1.33 bits per heavy atom. The summed E-state index contributed by atoms with van der Waals surface area (Å²) in [5.74, 6) is 5.28. The van der Waals surface area contributed by atoms with Crippen LogP contribution in [0, 0.1) is 0 Å². The van der Waals surface area contributed by atoms with Crippen molar-refractivity contribution in [3.05, 3.63) is 29.8 Å². The number of nitrogens with one attached hydrogen (secondary N) is 2. The minimum atomic E-state index is -0.213. The van der Waals surface area contributed by atoms with Crippen molar-refractivity contribution in [1.82, 2.24) is 5.32 Å². The Balaban J connectivity index is 2.69. The van der Waals surface area contributed by atoms with Crippen LogP contribution in [0.2, 0.25) is 0 Å². The van der Waals surface area contributed by atoms with Crippen LogP contribution in [0.25, 0.3) is 0 Å². The molecule has 0 fully saturated rings. The van der Waals surface area contributed by atoms with Gasteiger partial charge in [-0.1, -0.05) is 12.1 Å². The van der Waals surface area contributed by atoms with E-state index in [0.717, 1.165) is 16.3 Å². The van der Waals surface area contributed by atoms with Crippen LogP contribution in [0.15, 0.2) is 29.4 Å². The largest absolute Gasteiger partial charge is 0.336 e. The molecule has 0 spiro atoms. The molecule has 2 amide bonds. The van der Waals surface area contributed by atoms with Gasteiger partial charge in [-0.25, -0.2) is 4.79 Å². The fourth-order valence-electron chi connectivity index (χ4n) is 1.37. The maximum absolute atomic E-state index is 11.5. The van der Waals surface area contributed by atoms with E-state index in [2.05, 4.69) is 15.7 Å². The van der Waals surface area contributed by atoms with E-state index in [-0.39, 0.29) is 12.1 Å². The summed E-state index contributed by atoms with van der Waals surface area (Å²) in [4.78, 5) is 11.5. The van der Waals surface area contributed by atoms with Gasteiger partial charge in [0.1, 0.15) is 5.04 Å². The van der Waals surface area contributed by atoms with Gasteiger partial charge in [0.15, 0.2) is 0 Å². The maximum atomic E-state index is 11.5. The van der Waals surface area contributed by atoms with Gasteiger partial charge < -0.3 is 16.5 Å². The molecule has 0 aliphatic rings. The van der Waals surface area contributed by atoms with E-state index in [1.165, 1.54) is 11.8 Å². The van der Waals surface area contributed by atoms with E-state index in [1.807, 2.05) is 44.4 Å². The molecule has 0 atom stereocenters. The fraction of sp³-hybridized carbons (Fsp3) is 0.333. The van der Waals surface area contributed by atoms with Crippen LogP contribution >= 0.6 is 11.8 Å². The van der Waals surface area contributed by atoms with Crippen molar-refractivity contribution in [2.24, 2.45) is 10.9 Å². The number of hydrazone groups is 1. The number of rotatable bonds is 3. The van der Waals surface area contributed by atoms with E-state index in [1.54, 1.807) is 0 Å². The number of benzene rings is 1. The van der Waals surface area contributed by atoms with Gasteiger partial charge in [0, 0.05) is 17.3 Å². The molecular weight excluding hydrogens is 248 g/mol. The molecule has 0 radical (unpaired) electrons. The lowest BCUT2D eigenvalue weighted by Crippen LogP contribution is -2.34. The molecule has 1 rings (SSSR count). The first-order chi connectivity index (χ1) is 8.56. The third-order valence-electron chi connectivity index (χ3n) is 2.12. The molecule has 0 aliphatic carbocycles. The van der Waals surface area contributed by atoms with Crippen LogP contribution < -0.4 is 16.5 Å². The van der Waals surface area contributed by atoms with Crippen molar-refractivity contribution in [3.8, 4) is 0 Å². The van der Waals surface area contributed by atoms with Crippen LogP contribution in [0.1, 0.15) is 19.4 Å². The predicted molar refractivity (Wildman–Crippen MR) is 78.0 cm³/mol. The predicted octanol–water partition coefficient (Wildman–Crippen LogP) is 2.20. The number of amides is 2. The van der Waals surface area contributed by atoms with E-state index in [9.17, 15) is 4.79 Å². The van der Waals surface area contributed by atoms with Crippen molar-refractivity contribution in [1.29, 1.82) is 0 Å². The molecular formula is C12H18N4OS. The summed E-state index contributed by atoms with van der Waals surface area (Å²) in [6.07, 6.45) is 1.91. The maximum Gasteiger partial charge on any atom is 0.319 e. The second kappa shape index (κ2) is 6.90. The number of anilines is 1. The first-order valence-electron chi connectivity index (χ1n) is 5.56. The lowest BCUT2D eigenvalue weighted by Gasteiger charge is -2.10. The highest BCUT2D eigenvalue weighted by Crippen LogP contribution is 2.14. The lowest BCUT2D eigenvalue weighted by molar-refractivity contribution is 0.250. The van der Waals surface area contributed by atoms with Gasteiger partial charge >= 0.3 is 6.03 Å². The number of hydrogen-bond acceptors (Lipinski definition) is 4. The van der Waals surface area contributed by atoms with Crippen molar-refractivity contribution in [2.75, 3.05) is 11.6 Å². The molecule has 98 valence electrons. The van der Waals surface area contributed by atoms with Gasteiger partial charge in [0.05, 0.1) is 0 Å². The normalized spacial score (nSPS) is 11.4. The average Bonchev–Trinajstić information content (AvgIpc) is 2.31. The monoisotopic (exact) mass is 266 g/mol. The van der Waals surface area contributed by atoms with E-state index in [4.69, 9.17) is 5.84 Å². The molecule has 0 saturated carbocycles. The summed E-state index contributed by atoms with van der Waals surface area (Å²) in [7, 11) is 0. The molecule has 6 heteroatoms. The van der Waals surface area contributed by atoms with Crippen LogP contribution in [0.5, 0.6) is 0 Å². The second-order valence-electron chi connectivity index (χ2n) is 3.97. The minimum Gasteiger partial charge on any atom is -0.336 e. The number of carbonyl (C=O) groups excluding carboxylic acids is 1. The Kier molecular flexibility index (Phi) is 5.51. The highest BCUT2D eigenvalue weighted by atomic mass is 32.2. The number of thioether (sulfide) groups is 1. The molecule has 0 unspecified atom stereocenters. The Labute approximate surface area is 111 Å². The zero-order valence-corrected chi connectivity index (χ0v) is 11.5. The summed E-state index contributed by atoms with van der Waals surface area (Å²) in [5, 5.41) is 9.94. The van der Waals surface area contributed by atoms with Crippen LogP contribution in [0.4, 0.5) is 10.5 Å². The van der Waals surface area contributed by atoms with Crippen LogP contribution in [0.3, 0.4) is 0 Å². The van der Waals surface area contributed by atoms with E-state index < -0.39 is 0 Å². The van der Waals surface area contributed by atoms with Crippen molar-refractivity contribution in [2.45, 2.75) is 19.9 Å². The molecule has 1 aromatic carbocycles. The van der Waals surface area contributed by atoms with Crippen LogP contribution in [-0.2, 0) is 0 Å². The van der Waals surface area contributed by atoms with E-state index >= 15 is 0 Å². The van der Waals surface area contributed by atoms with Gasteiger partial charge in [-0.3, -0.25) is 0 Å². The van der Waals surface area contributed by atoms with Crippen LogP contribution in [-0.4, -0.2) is 23.4 Å². The molecule has 5 nitrogen and oxygen atoms in total. The molecule has 0 bridgehead atoms. The number of nitrogens with zero attached hydrogens (tertiary/aromatic N) is 1.